The maximum Gasteiger partial charge on any atom is 0.0570 e. The van der Waals surface area contributed by atoms with Gasteiger partial charge in [0.15, 0.2) is 0 Å². The molecule has 94 valence electrons. The number of aryl methyl sites for hydroxylation is 1. The first-order chi connectivity index (χ1) is 8.29. The summed E-state index contributed by atoms with van der Waals surface area (Å²) in [5, 5.41) is 3.68. The summed E-state index contributed by atoms with van der Waals surface area (Å²) in [4.78, 5) is 4.44. The van der Waals surface area contributed by atoms with Crippen LogP contribution in [0, 0.1) is 12.8 Å². The predicted molar refractivity (Wildman–Crippen MR) is 71.9 cm³/mol. The fourth-order valence-corrected chi connectivity index (χ4v) is 2.79. The Labute approximate surface area is 105 Å². The predicted octanol–water partition coefficient (Wildman–Crippen LogP) is 3.45. The third-order valence-corrected chi connectivity index (χ3v) is 4.04. The van der Waals surface area contributed by atoms with Crippen LogP contribution in [0.3, 0.4) is 0 Å². The van der Waals surface area contributed by atoms with E-state index in [4.69, 9.17) is 0 Å². The van der Waals surface area contributed by atoms with Crippen LogP contribution >= 0.6 is 0 Å². The molecule has 1 aromatic rings. The van der Waals surface area contributed by atoms with Gasteiger partial charge in [0.25, 0.3) is 0 Å². The molecule has 2 nitrogen and oxygen atoms in total. The van der Waals surface area contributed by atoms with Gasteiger partial charge in [-0.3, -0.25) is 4.98 Å². The average Bonchev–Trinajstić information content (AvgIpc) is 2.38. The molecule has 0 bridgehead atoms. The van der Waals surface area contributed by atoms with Crippen molar-refractivity contribution in [1.29, 1.82) is 0 Å². The Morgan fingerprint density at radius 1 is 1.41 bits per heavy atom. The highest BCUT2D eigenvalue weighted by molar-refractivity contribution is 5.17. The number of pyridine rings is 1. The molecule has 2 atom stereocenters. The maximum absolute atomic E-state index is 4.44. The Hall–Kier alpha value is -0.890. The van der Waals surface area contributed by atoms with Crippen LogP contribution in [0.25, 0.3) is 0 Å². The number of nitrogens with one attached hydrogen (secondary N) is 1. The van der Waals surface area contributed by atoms with Crippen LogP contribution < -0.4 is 5.32 Å². The van der Waals surface area contributed by atoms with Gasteiger partial charge in [-0.15, -0.1) is 0 Å². The van der Waals surface area contributed by atoms with E-state index in [-0.39, 0.29) is 0 Å². The zero-order valence-corrected chi connectivity index (χ0v) is 11.1. The molecule has 1 fully saturated rings. The molecule has 0 saturated heterocycles. The summed E-state index contributed by atoms with van der Waals surface area (Å²) in [6.45, 7) is 5.38. The summed E-state index contributed by atoms with van der Waals surface area (Å²) in [6, 6.07) is 4.85. The highest BCUT2D eigenvalue weighted by Crippen LogP contribution is 2.26. The van der Waals surface area contributed by atoms with E-state index < -0.39 is 0 Å². The first-order valence-electron chi connectivity index (χ1n) is 6.93. The van der Waals surface area contributed by atoms with E-state index in [1.54, 1.807) is 0 Å². The third kappa shape index (κ3) is 3.53. The molecule has 0 amide bonds. The summed E-state index contributed by atoms with van der Waals surface area (Å²) in [6.07, 6.45) is 8.72. The van der Waals surface area contributed by atoms with Crippen molar-refractivity contribution in [2.24, 2.45) is 5.92 Å². The van der Waals surface area contributed by atoms with Crippen molar-refractivity contribution in [2.45, 2.75) is 58.5 Å². The molecular weight excluding hydrogens is 208 g/mol. The molecule has 0 aliphatic heterocycles. The van der Waals surface area contributed by atoms with Gasteiger partial charge in [0, 0.05) is 18.8 Å². The highest BCUT2D eigenvalue weighted by atomic mass is 14.9. The molecule has 1 aliphatic rings. The van der Waals surface area contributed by atoms with Crippen molar-refractivity contribution in [3.8, 4) is 0 Å². The Bertz CT molecular complexity index is 349. The Morgan fingerprint density at radius 2 is 2.29 bits per heavy atom. The smallest absolute Gasteiger partial charge is 0.0570 e. The fraction of sp³-hybridized carbons (Fsp3) is 0.667. The third-order valence-electron chi connectivity index (χ3n) is 4.04. The van der Waals surface area contributed by atoms with Gasteiger partial charge in [-0.2, -0.15) is 0 Å². The molecule has 2 heteroatoms. The summed E-state index contributed by atoms with van der Waals surface area (Å²) in [5.41, 5.74) is 2.49. The van der Waals surface area contributed by atoms with Crippen LogP contribution in [-0.4, -0.2) is 11.0 Å². The molecule has 1 heterocycles. The van der Waals surface area contributed by atoms with Crippen molar-refractivity contribution in [1.82, 2.24) is 10.3 Å². The van der Waals surface area contributed by atoms with Crippen LogP contribution in [0.1, 0.15) is 50.3 Å². The second kappa shape index (κ2) is 6.15. The second-order valence-corrected chi connectivity index (χ2v) is 5.29. The van der Waals surface area contributed by atoms with Crippen molar-refractivity contribution >= 4 is 0 Å². The lowest BCUT2D eigenvalue weighted by Crippen LogP contribution is -2.34. The molecule has 0 spiro atoms. The van der Waals surface area contributed by atoms with Crippen LogP contribution in [0.4, 0.5) is 0 Å². The van der Waals surface area contributed by atoms with E-state index in [2.05, 4.69) is 30.2 Å². The molecule has 0 radical (unpaired) electrons. The van der Waals surface area contributed by atoms with Crippen molar-refractivity contribution in [2.75, 3.05) is 0 Å². The van der Waals surface area contributed by atoms with Gasteiger partial charge in [0.1, 0.15) is 0 Å². The molecule has 1 N–H and O–H groups in total. The van der Waals surface area contributed by atoms with Crippen LogP contribution in [0.2, 0.25) is 0 Å². The van der Waals surface area contributed by atoms with E-state index in [0.29, 0.717) is 6.04 Å². The van der Waals surface area contributed by atoms with Gasteiger partial charge in [0.05, 0.1) is 5.69 Å². The van der Waals surface area contributed by atoms with Crippen molar-refractivity contribution in [3.63, 3.8) is 0 Å². The van der Waals surface area contributed by atoms with Crippen LogP contribution in [0.5, 0.6) is 0 Å². The quantitative estimate of drug-likeness (QED) is 0.860. The zero-order valence-electron chi connectivity index (χ0n) is 11.1. The minimum absolute atomic E-state index is 0.704. The Kier molecular flexibility index (Phi) is 4.55. The fourth-order valence-electron chi connectivity index (χ4n) is 2.79. The first-order valence-corrected chi connectivity index (χ1v) is 6.93. The number of rotatable bonds is 4. The first kappa shape index (κ1) is 12.6. The van der Waals surface area contributed by atoms with E-state index in [9.17, 15) is 0 Å². The lowest BCUT2D eigenvalue weighted by molar-refractivity contribution is 0.277. The molecule has 1 saturated carbocycles. The minimum atomic E-state index is 0.704. The van der Waals surface area contributed by atoms with Crippen LogP contribution in [0.15, 0.2) is 18.3 Å². The SMILES string of the molecule is CCC1CCCC(NCc2ncccc2C)C1. The van der Waals surface area contributed by atoms with Gasteiger partial charge >= 0.3 is 0 Å². The summed E-state index contributed by atoms with van der Waals surface area (Å²) in [5.74, 6) is 0.936. The van der Waals surface area contributed by atoms with Gasteiger partial charge < -0.3 is 5.32 Å². The molecular formula is C15H24N2. The van der Waals surface area contributed by atoms with Gasteiger partial charge in [-0.25, -0.2) is 0 Å². The van der Waals surface area contributed by atoms with Crippen molar-refractivity contribution in [3.05, 3.63) is 29.6 Å². The van der Waals surface area contributed by atoms with Crippen LogP contribution in [-0.2, 0) is 6.54 Å². The topological polar surface area (TPSA) is 24.9 Å². The number of aromatic nitrogens is 1. The number of nitrogens with zero attached hydrogens (tertiary/aromatic N) is 1. The maximum atomic E-state index is 4.44. The lowest BCUT2D eigenvalue weighted by atomic mass is 9.84. The molecule has 1 aliphatic carbocycles. The van der Waals surface area contributed by atoms with Gasteiger partial charge in [-0.05, 0) is 37.3 Å². The Morgan fingerprint density at radius 3 is 3.06 bits per heavy atom. The van der Waals surface area contributed by atoms with Crippen molar-refractivity contribution < 1.29 is 0 Å². The monoisotopic (exact) mass is 232 g/mol. The average molecular weight is 232 g/mol. The summed E-state index contributed by atoms with van der Waals surface area (Å²) >= 11 is 0. The lowest BCUT2D eigenvalue weighted by Gasteiger charge is -2.29. The zero-order chi connectivity index (χ0) is 12.1. The standard InChI is InChI=1S/C15H24N2/c1-3-13-7-4-8-14(10-13)17-11-15-12(2)6-5-9-16-15/h5-6,9,13-14,17H,3-4,7-8,10-11H2,1-2H3. The van der Waals surface area contributed by atoms with E-state index in [0.717, 1.165) is 12.5 Å². The number of hydrogen-bond acceptors (Lipinski definition) is 2. The molecule has 17 heavy (non-hydrogen) atoms. The molecule has 1 aromatic heterocycles. The molecule has 0 aromatic carbocycles. The summed E-state index contributed by atoms with van der Waals surface area (Å²) in [7, 11) is 0. The summed E-state index contributed by atoms with van der Waals surface area (Å²) < 4.78 is 0. The van der Waals surface area contributed by atoms with Gasteiger partial charge in [0.2, 0.25) is 0 Å². The van der Waals surface area contributed by atoms with E-state index >= 15 is 0 Å². The normalized spacial score (nSPS) is 24.8. The van der Waals surface area contributed by atoms with E-state index in [1.807, 2.05) is 12.3 Å². The minimum Gasteiger partial charge on any atom is -0.308 e. The second-order valence-electron chi connectivity index (χ2n) is 5.29. The molecule has 2 rings (SSSR count). The highest BCUT2D eigenvalue weighted by Gasteiger charge is 2.20. The van der Waals surface area contributed by atoms with Gasteiger partial charge in [-0.1, -0.05) is 32.3 Å². The number of hydrogen-bond donors (Lipinski definition) is 1. The molecule has 2 unspecified atom stereocenters. The largest absolute Gasteiger partial charge is 0.308 e. The Balaban J connectivity index is 1.84. The van der Waals surface area contributed by atoms with E-state index in [1.165, 1.54) is 43.4 Å².